The fourth-order valence-electron chi connectivity index (χ4n) is 2.90. The van der Waals surface area contributed by atoms with Gasteiger partial charge in [0.2, 0.25) is 0 Å². The number of nitrogens with zero attached hydrogens (tertiary/aromatic N) is 2. The van der Waals surface area contributed by atoms with Gasteiger partial charge >= 0.3 is 0 Å². The Hall–Kier alpha value is -2.27. The summed E-state index contributed by atoms with van der Waals surface area (Å²) < 4.78 is 0. The van der Waals surface area contributed by atoms with E-state index < -0.39 is 0 Å². The van der Waals surface area contributed by atoms with Crippen LogP contribution >= 0.6 is 0 Å². The van der Waals surface area contributed by atoms with Gasteiger partial charge in [0.15, 0.2) is 0 Å². The predicted octanol–water partition coefficient (Wildman–Crippen LogP) is 2.74. The molecule has 1 saturated heterocycles. The van der Waals surface area contributed by atoms with Crippen LogP contribution in [0.25, 0.3) is 0 Å². The number of amides is 1. The van der Waals surface area contributed by atoms with E-state index in [2.05, 4.69) is 58.7 Å². The van der Waals surface area contributed by atoms with Gasteiger partial charge in [-0.1, -0.05) is 36.8 Å². The average Bonchev–Trinajstić information content (AvgIpc) is 3.15. The van der Waals surface area contributed by atoms with Gasteiger partial charge in [0, 0.05) is 18.9 Å². The van der Waals surface area contributed by atoms with Crippen LogP contribution in [0.15, 0.2) is 36.7 Å². The Bertz CT molecular complexity index is 676. The number of hydrogen-bond acceptors (Lipinski definition) is 4. The van der Waals surface area contributed by atoms with Crippen molar-refractivity contribution < 1.29 is 4.79 Å². The van der Waals surface area contributed by atoms with Gasteiger partial charge in [-0.2, -0.15) is 0 Å². The molecule has 126 valence electrons. The van der Waals surface area contributed by atoms with Gasteiger partial charge in [0.05, 0.1) is 11.6 Å². The Kier molecular flexibility index (Phi) is 5.20. The monoisotopic (exact) mass is 324 g/mol. The summed E-state index contributed by atoms with van der Waals surface area (Å²) in [5, 5.41) is 6.32. The van der Waals surface area contributed by atoms with Crippen molar-refractivity contribution in [2.45, 2.75) is 38.6 Å². The molecule has 1 aromatic carbocycles. The maximum Gasteiger partial charge on any atom is 0.254 e. The zero-order valence-electron chi connectivity index (χ0n) is 14.2. The quantitative estimate of drug-likeness (QED) is 0.887. The van der Waals surface area contributed by atoms with E-state index in [1.165, 1.54) is 11.1 Å². The lowest BCUT2D eigenvalue weighted by atomic mass is 10.00. The second-order valence-electron chi connectivity index (χ2n) is 6.50. The molecule has 24 heavy (non-hydrogen) atoms. The first kappa shape index (κ1) is 16.6. The van der Waals surface area contributed by atoms with Gasteiger partial charge in [-0.15, -0.1) is 0 Å². The summed E-state index contributed by atoms with van der Waals surface area (Å²) in [7, 11) is 0. The molecule has 5 heteroatoms. The summed E-state index contributed by atoms with van der Waals surface area (Å²) in [6, 6.07) is 8.63. The zero-order valence-corrected chi connectivity index (χ0v) is 14.2. The fraction of sp³-hybridized carbons (Fsp3) is 0.421. The molecule has 0 radical (unpaired) electrons. The molecule has 5 nitrogen and oxygen atoms in total. The number of benzene rings is 1. The number of rotatable bonds is 5. The Morgan fingerprint density at radius 1 is 1.29 bits per heavy atom. The molecule has 0 aliphatic carbocycles. The molecule has 2 aromatic rings. The maximum absolute atomic E-state index is 12.3. The van der Waals surface area contributed by atoms with Crippen LogP contribution in [0.3, 0.4) is 0 Å². The molecule has 3 rings (SSSR count). The Balaban J connectivity index is 1.55. The molecule has 2 atom stereocenters. The van der Waals surface area contributed by atoms with Crippen molar-refractivity contribution >= 4 is 5.91 Å². The molecular weight excluding hydrogens is 300 g/mol. The largest absolute Gasteiger partial charge is 0.351 e. The van der Waals surface area contributed by atoms with Crippen LogP contribution in [0.2, 0.25) is 0 Å². The topological polar surface area (TPSA) is 66.9 Å². The molecule has 0 spiro atoms. The van der Waals surface area contributed by atoms with Gasteiger partial charge in [-0.3, -0.25) is 4.79 Å². The molecule has 2 unspecified atom stereocenters. The second kappa shape index (κ2) is 7.53. The highest BCUT2D eigenvalue weighted by atomic mass is 16.1. The van der Waals surface area contributed by atoms with Crippen molar-refractivity contribution in [1.29, 1.82) is 0 Å². The molecule has 2 heterocycles. The first-order valence-corrected chi connectivity index (χ1v) is 8.53. The van der Waals surface area contributed by atoms with E-state index in [0.717, 1.165) is 25.2 Å². The SMILES string of the molecule is Cc1ccc(C(C)CNC(=O)c2cnc(C3CCCN3)nc2)cc1. The van der Waals surface area contributed by atoms with Crippen molar-refractivity contribution in [3.8, 4) is 0 Å². The fourth-order valence-corrected chi connectivity index (χ4v) is 2.90. The summed E-state index contributed by atoms with van der Waals surface area (Å²) in [4.78, 5) is 20.9. The minimum absolute atomic E-state index is 0.125. The van der Waals surface area contributed by atoms with Gasteiger partial charge in [0.25, 0.3) is 5.91 Å². The van der Waals surface area contributed by atoms with Crippen molar-refractivity contribution in [2.75, 3.05) is 13.1 Å². The van der Waals surface area contributed by atoms with Crippen molar-refractivity contribution in [2.24, 2.45) is 0 Å². The summed E-state index contributed by atoms with van der Waals surface area (Å²) in [6.45, 7) is 5.78. The van der Waals surface area contributed by atoms with Crippen molar-refractivity contribution in [1.82, 2.24) is 20.6 Å². The smallest absolute Gasteiger partial charge is 0.254 e. The van der Waals surface area contributed by atoms with E-state index >= 15 is 0 Å². The van der Waals surface area contributed by atoms with E-state index in [-0.39, 0.29) is 17.9 Å². The standard InChI is InChI=1S/C19H24N4O/c1-13-5-7-15(8-6-13)14(2)10-23-19(24)16-11-21-18(22-12-16)17-4-3-9-20-17/h5-8,11-12,14,17,20H,3-4,9-10H2,1-2H3,(H,23,24). The molecule has 1 fully saturated rings. The van der Waals surface area contributed by atoms with Crippen LogP contribution in [-0.2, 0) is 0 Å². The Morgan fingerprint density at radius 3 is 2.62 bits per heavy atom. The van der Waals surface area contributed by atoms with Gasteiger partial charge < -0.3 is 10.6 Å². The predicted molar refractivity (Wildman–Crippen MR) is 93.9 cm³/mol. The lowest BCUT2D eigenvalue weighted by Crippen LogP contribution is -2.28. The number of aromatic nitrogens is 2. The minimum Gasteiger partial charge on any atom is -0.351 e. The Morgan fingerprint density at radius 2 is 2.00 bits per heavy atom. The average molecular weight is 324 g/mol. The lowest BCUT2D eigenvalue weighted by molar-refractivity contribution is 0.0951. The molecule has 0 bridgehead atoms. The van der Waals surface area contributed by atoms with E-state index in [1.54, 1.807) is 12.4 Å². The molecular formula is C19H24N4O. The van der Waals surface area contributed by atoms with E-state index in [9.17, 15) is 4.79 Å². The normalized spacial score (nSPS) is 18.3. The Labute approximate surface area is 142 Å². The van der Waals surface area contributed by atoms with Gasteiger partial charge in [-0.05, 0) is 37.8 Å². The highest BCUT2D eigenvalue weighted by Gasteiger charge is 2.19. The maximum atomic E-state index is 12.3. The minimum atomic E-state index is -0.125. The van der Waals surface area contributed by atoms with Crippen LogP contribution < -0.4 is 10.6 Å². The number of carbonyl (C=O) groups excluding carboxylic acids is 1. The van der Waals surface area contributed by atoms with Crippen LogP contribution in [0.5, 0.6) is 0 Å². The molecule has 1 aliphatic rings. The number of nitrogens with one attached hydrogen (secondary N) is 2. The second-order valence-corrected chi connectivity index (χ2v) is 6.50. The third-order valence-corrected chi connectivity index (χ3v) is 4.52. The van der Waals surface area contributed by atoms with E-state index in [4.69, 9.17) is 0 Å². The van der Waals surface area contributed by atoms with Crippen molar-refractivity contribution in [3.05, 3.63) is 59.2 Å². The molecule has 1 aromatic heterocycles. The van der Waals surface area contributed by atoms with Crippen LogP contribution in [0.1, 0.15) is 59.0 Å². The first-order valence-electron chi connectivity index (χ1n) is 8.53. The summed E-state index contributed by atoms with van der Waals surface area (Å²) in [5.74, 6) is 0.911. The van der Waals surface area contributed by atoms with E-state index in [0.29, 0.717) is 12.1 Å². The summed E-state index contributed by atoms with van der Waals surface area (Å²) in [6.07, 6.45) is 5.44. The van der Waals surface area contributed by atoms with Crippen molar-refractivity contribution in [3.63, 3.8) is 0 Å². The van der Waals surface area contributed by atoms with Gasteiger partial charge in [-0.25, -0.2) is 9.97 Å². The molecule has 2 N–H and O–H groups in total. The highest BCUT2D eigenvalue weighted by Crippen LogP contribution is 2.19. The third-order valence-electron chi connectivity index (χ3n) is 4.52. The number of carbonyl (C=O) groups is 1. The third kappa shape index (κ3) is 3.97. The van der Waals surface area contributed by atoms with Crippen LogP contribution in [0, 0.1) is 6.92 Å². The van der Waals surface area contributed by atoms with Crippen LogP contribution in [-0.4, -0.2) is 29.0 Å². The summed E-state index contributed by atoms with van der Waals surface area (Å²) in [5.41, 5.74) is 2.97. The van der Waals surface area contributed by atoms with Gasteiger partial charge in [0.1, 0.15) is 5.82 Å². The number of hydrogen-bond donors (Lipinski definition) is 2. The molecule has 1 amide bonds. The highest BCUT2D eigenvalue weighted by molar-refractivity contribution is 5.93. The number of aryl methyl sites for hydroxylation is 1. The molecule has 0 saturated carbocycles. The first-order chi connectivity index (χ1) is 11.6. The van der Waals surface area contributed by atoms with E-state index in [1.807, 2.05) is 0 Å². The summed E-state index contributed by atoms with van der Waals surface area (Å²) >= 11 is 0. The zero-order chi connectivity index (χ0) is 16.9. The molecule has 1 aliphatic heterocycles. The lowest BCUT2D eigenvalue weighted by Gasteiger charge is -2.14. The van der Waals surface area contributed by atoms with Crippen LogP contribution in [0.4, 0.5) is 0 Å².